The Morgan fingerprint density at radius 1 is 1.15 bits per heavy atom. The van der Waals surface area contributed by atoms with E-state index in [0.29, 0.717) is 16.8 Å². The summed E-state index contributed by atoms with van der Waals surface area (Å²) < 4.78 is 7.45. The molecule has 2 N–H and O–H groups in total. The van der Waals surface area contributed by atoms with Crippen molar-refractivity contribution in [2.75, 3.05) is 11.9 Å². The molecule has 2 amide bonds. The zero-order chi connectivity index (χ0) is 19.4. The van der Waals surface area contributed by atoms with Crippen LogP contribution in [0.5, 0.6) is 0 Å². The van der Waals surface area contributed by atoms with Gasteiger partial charge in [0, 0.05) is 23.1 Å². The smallest absolute Gasteiger partial charge is 0.408 e. The van der Waals surface area contributed by atoms with E-state index in [0.717, 1.165) is 10.0 Å². The van der Waals surface area contributed by atoms with Crippen LogP contribution < -0.4 is 16.4 Å². The number of amides is 2. The standard InChI is InChI=1S/C19H18BrN3O4/c1-12-10-13(20)6-7-14(12)22-18(25)11-21-17(24)8-9-23-15-4-2-3-5-16(15)27-19(23)26/h2-7,10H,8-9,11H2,1H3,(H,21,24)(H,22,25). The molecule has 140 valence electrons. The predicted octanol–water partition coefficient (Wildman–Crippen LogP) is 2.81. The van der Waals surface area contributed by atoms with Gasteiger partial charge in [-0.2, -0.15) is 0 Å². The van der Waals surface area contributed by atoms with Gasteiger partial charge < -0.3 is 15.1 Å². The first-order valence-corrected chi connectivity index (χ1v) is 9.14. The van der Waals surface area contributed by atoms with Crippen molar-refractivity contribution in [2.24, 2.45) is 0 Å². The molecule has 3 rings (SSSR count). The van der Waals surface area contributed by atoms with Crippen molar-refractivity contribution in [2.45, 2.75) is 19.9 Å². The molecule has 0 atom stereocenters. The quantitative estimate of drug-likeness (QED) is 0.627. The zero-order valence-electron chi connectivity index (χ0n) is 14.6. The molecule has 0 aliphatic heterocycles. The van der Waals surface area contributed by atoms with E-state index in [9.17, 15) is 14.4 Å². The SMILES string of the molecule is Cc1cc(Br)ccc1NC(=O)CNC(=O)CCn1c(=O)oc2ccccc21. The second kappa shape index (κ2) is 8.22. The van der Waals surface area contributed by atoms with Crippen molar-refractivity contribution in [3.63, 3.8) is 0 Å². The number of nitrogens with zero attached hydrogens (tertiary/aromatic N) is 1. The minimum Gasteiger partial charge on any atom is -0.408 e. The van der Waals surface area contributed by atoms with Crippen LogP contribution in [0.15, 0.2) is 56.1 Å². The maximum Gasteiger partial charge on any atom is 0.419 e. The van der Waals surface area contributed by atoms with E-state index >= 15 is 0 Å². The fraction of sp³-hybridized carbons (Fsp3) is 0.211. The number of anilines is 1. The second-order valence-corrected chi connectivity index (χ2v) is 6.94. The van der Waals surface area contributed by atoms with E-state index < -0.39 is 5.76 Å². The molecule has 3 aromatic rings. The highest BCUT2D eigenvalue weighted by Gasteiger charge is 2.11. The largest absolute Gasteiger partial charge is 0.419 e. The summed E-state index contributed by atoms with van der Waals surface area (Å²) >= 11 is 3.37. The first kappa shape index (κ1) is 18.9. The number of halogens is 1. The lowest BCUT2D eigenvalue weighted by Crippen LogP contribution is -2.33. The maximum atomic E-state index is 12.0. The average Bonchev–Trinajstić information content (AvgIpc) is 2.95. The number of aryl methyl sites for hydroxylation is 2. The van der Waals surface area contributed by atoms with Gasteiger partial charge >= 0.3 is 5.76 Å². The number of carbonyl (C=O) groups excluding carboxylic acids is 2. The molecule has 0 fully saturated rings. The molecule has 0 saturated carbocycles. The summed E-state index contributed by atoms with van der Waals surface area (Å²) in [5, 5.41) is 5.31. The Morgan fingerprint density at radius 2 is 1.93 bits per heavy atom. The fourth-order valence-corrected chi connectivity index (χ4v) is 3.14. The monoisotopic (exact) mass is 431 g/mol. The van der Waals surface area contributed by atoms with Gasteiger partial charge in [0.1, 0.15) is 0 Å². The molecule has 0 spiro atoms. The van der Waals surface area contributed by atoms with Crippen LogP contribution >= 0.6 is 15.9 Å². The summed E-state index contributed by atoms with van der Waals surface area (Å²) in [7, 11) is 0. The molecule has 8 heteroatoms. The van der Waals surface area contributed by atoms with E-state index in [1.54, 1.807) is 30.3 Å². The van der Waals surface area contributed by atoms with E-state index in [2.05, 4.69) is 26.6 Å². The number of oxazole rings is 1. The van der Waals surface area contributed by atoms with Crippen molar-refractivity contribution < 1.29 is 14.0 Å². The van der Waals surface area contributed by atoms with Gasteiger partial charge in [-0.05, 0) is 42.8 Å². The molecule has 1 aromatic heterocycles. The van der Waals surface area contributed by atoms with Gasteiger partial charge in [-0.25, -0.2) is 4.79 Å². The highest BCUT2D eigenvalue weighted by atomic mass is 79.9. The number of hydrogen-bond donors (Lipinski definition) is 2. The summed E-state index contributed by atoms with van der Waals surface area (Å²) in [6, 6.07) is 12.5. The molecule has 27 heavy (non-hydrogen) atoms. The number of aromatic nitrogens is 1. The van der Waals surface area contributed by atoms with E-state index in [-0.39, 0.29) is 31.3 Å². The lowest BCUT2D eigenvalue weighted by atomic mass is 10.2. The van der Waals surface area contributed by atoms with Gasteiger partial charge in [-0.3, -0.25) is 14.2 Å². The predicted molar refractivity (Wildman–Crippen MR) is 106 cm³/mol. The second-order valence-electron chi connectivity index (χ2n) is 6.02. The molecule has 2 aromatic carbocycles. The number of hydrogen-bond acceptors (Lipinski definition) is 4. The summed E-state index contributed by atoms with van der Waals surface area (Å²) in [6.45, 7) is 1.91. The lowest BCUT2D eigenvalue weighted by Gasteiger charge is -2.10. The van der Waals surface area contributed by atoms with Gasteiger partial charge in [-0.15, -0.1) is 0 Å². The minimum absolute atomic E-state index is 0.0635. The zero-order valence-corrected chi connectivity index (χ0v) is 16.2. The molecule has 0 unspecified atom stereocenters. The van der Waals surface area contributed by atoms with Crippen LogP contribution in [0.1, 0.15) is 12.0 Å². The Balaban J connectivity index is 1.51. The minimum atomic E-state index is -0.507. The Morgan fingerprint density at radius 3 is 2.70 bits per heavy atom. The normalized spacial score (nSPS) is 10.7. The number of benzene rings is 2. The summed E-state index contributed by atoms with van der Waals surface area (Å²) in [6.07, 6.45) is 0.0635. The molecule has 7 nitrogen and oxygen atoms in total. The first-order chi connectivity index (χ1) is 12.9. The van der Waals surface area contributed by atoms with Crippen molar-refractivity contribution in [3.05, 3.63) is 63.1 Å². The van der Waals surface area contributed by atoms with E-state index in [1.807, 2.05) is 19.1 Å². The third-order valence-corrected chi connectivity index (χ3v) is 4.54. The number of carbonyl (C=O) groups is 2. The van der Waals surface area contributed by atoms with E-state index in [4.69, 9.17) is 4.42 Å². The van der Waals surface area contributed by atoms with Crippen LogP contribution in [0, 0.1) is 6.92 Å². The highest BCUT2D eigenvalue weighted by molar-refractivity contribution is 9.10. The number of fused-ring (bicyclic) bond motifs is 1. The maximum absolute atomic E-state index is 12.0. The Labute approximate surface area is 163 Å². The van der Waals surface area contributed by atoms with Crippen molar-refractivity contribution >= 4 is 44.5 Å². The average molecular weight is 432 g/mol. The topological polar surface area (TPSA) is 93.3 Å². The van der Waals surface area contributed by atoms with Gasteiger partial charge in [0.25, 0.3) is 0 Å². The molecular formula is C19H18BrN3O4. The van der Waals surface area contributed by atoms with Crippen LogP contribution in [0.25, 0.3) is 11.1 Å². The molecule has 0 aliphatic rings. The Kier molecular flexibility index (Phi) is 5.75. The summed E-state index contributed by atoms with van der Waals surface area (Å²) in [4.78, 5) is 35.9. The molecule has 0 saturated heterocycles. The van der Waals surface area contributed by atoms with Crippen LogP contribution in [0.3, 0.4) is 0 Å². The molecule has 0 bridgehead atoms. The van der Waals surface area contributed by atoms with Gasteiger partial charge in [-0.1, -0.05) is 28.1 Å². The number of nitrogens with one attached hydrogen (secondary N) is 2. The van der Waals surface area contributed by atoms with Crippen molar-refractivity contribution in [3.8, 4) is 0 Å². The Bertz CT molecular complexity index is 1050. The third kappa shape index (κ3) is 4.65. The van der Waals surface area contributed by atoms with Gasteiger partial charge in [0.05, 0.1) is 12.1 Å². The number of rotatable bonds is 6. The summed E-state index contributed by atoms with van der Waals surface area (Å²) in [5.41, 5.74) is 2.72. The number of para-hydroxylation sites is 2. The van der Waals surface area contributed by atoms with Crippen molar-refractivity contribution in [1.82, 2.24) is 9.88 Å². The highest BCUT2D eigenvalue weighted by Crippen LogP contribution is 2.19. The van der Waals surface area contributed by atoms with Crippen LogP contribution in [-0.4, -0.2) is 22.9 Å². The van der Waals surface area contributed by atoms with Crippen LogP contribution in [-0.2, 0) is 16.1 Å². The van der Waals surface area contributed by atoms with Gasteiger partial charge in [0.2, 0.25) is 11.8 Å². The van der Waals surface area contributed by atoms with Crippen LogP contribution in [0.2, 0.25) is 0 Å². The fourth-order valence-electron chi connectivity index (χ4n) is 2.67. The molecular weight excluding hydrogens is 414 g/mol. The third-order valence-electron chi connectivity index (χ3n) is 4.04. The Hall–Kier alpha value is -2.87. The van der Waals surface area contributed by atoms with E-state index in [1.165, 1.54) is 4.57 Å². The molecule has 1 heterocycles. The summed E-state index contributed by atoms with van der Waals surface area (Å²) in [5.74, 6) is -1.15. The van der Waals surface area contributed by atoms with Gasteiger partial charge in [0.15, 0.2) is 5.58 Å². The first-order valence-electron chi connectivity index (χ1n) is 8.35. The van der Waals surface area contributed by atoms with Crippen LogP contribution in [0.4, 0.5) is 5.69 Å². The molecule has 0 aliphatic carbocycles. The lowest BCUT2D eigenvalue weighted by molar-refractivity contribution is -0.124. The molecule has 0 radical (unpaired) electrons. The van der Waals surface area contributed by atoms with Crippen molar-refractivity contribution in [1.29, 1.82) is 0 Å².